The van der Waals surface area contributed by atoms with Gasteiger partial charge in [-0.05, 0) is 67.1 Å². The number of barbiturate groups is 1. The molecule has 4 amide bonds. The molecule has 1 saturated heterocycles. The van der Waals surface area contributed by atoms with Gasteiger partial charge in [0.25, 0.3) is 11.8 Å². The predicted octanol–water partition coefficient (Wildman–Crippen LogP) is 4.01. The van der Waals surface area contributed by atoms with Crippen molar-refractivity contribution in [1.82, 2.24) is 5.32 Å². The second kappa shape index (κ2) is 12.8. The van der Waals surface area contributed by atoms with Gasteiger partial charge in [-0.25, -0.2) is 14.5 Å². The summed E-state index contributed by atoms with van der Waals surface area (Å²) >= 11 is 0. The van der Waals surface area contributed by atoms with E-state index in [1.165, 1.54) is 77.0 Å². The van der Waals surface area contributed by atoms with Gasteiger partial charge in [-0.15, -0.1) is 0 Å². The SMILES string of the molecule is CCOc1cc(/C=C2\C(=O)NC(=O)N(c3ccc(OC)cc3)C2=O)ccc1OC(=O)c1cc(OC)c(OC)c(OC)c1. The lowest BCUT2D eigenvalue weighted by Crippen LogP contribution is -2.54. The van der Waals surface area contributed by atoms with E-state index < -0.39 is 23.8 Å². The summed E-state index contributed by atoms with van der Waals surface area (Å²) < 4.78 is 32.3. The summed E-state index contributed by atoms with van der Waals surface area (Å²) in [7, 11) is 5.79. The molecule has 0 aromatic heterocycles. The quantitative estimate of drug-likeness (QED) is 0.163. The molecule has 12 nitrogen and oxygen atoms in total. The van der Waals surface area contributed by atoms with Crippen molar-refractivity contribution in [2.45, 2.75) is 6.92 Å². The van der Waals surface area contributed by atoms with Crippen LogP contribution in [0.3, 0.4) is 0 Å². The van der Waals surface area contributed by atoms with E-state index >= 15 is 0 Å². The average molecular weight is 577 g/mol. The summed E-state index contributed by atoms with van der Waals surface area (Å²) in [5.74, 6) is -0.733. The van der Waals surface area contributed by atoms with Gasteiger partial charge in [-0.2, -0.15) is 0 Å². The van der Waals surface area contributed by atoms with Crippen LogP contribution in [0.1, 0.15) is 22.8 Å². The van der Waals surface area contributed by atoms with Crippen LogP contribution in [0, 0.1) is 0 Å². The maximum absolute atomic E-state index is 13.3. The highest BCUT2D eigenvalue weighted by molar-refractivity contribution is 6.39. The van der Waals surface area contributed by atoms with Crippen LogP contribution in [0.25, 0.3) is 6.08 Å². The molecule has 1 fully saturated rings. The Bertz CT molecular complexity index is 1540. The first-order valence-electron chi connectivity index (χ1n) is 12.6. The summed E-state index contributed by atoms with van der Waals surface area (Å²) in [6.45, 7) is 1.97. The van der Waals surface area contributed by atoms with Gasteiger partial charge in [0.1, 0.15) is 11.3 Å². The Morgan fingerprint density at radius 1 is 0.810 bits per heavy atom. The number of ether oxygens (including phenoxy) is 6. The van der Waals surface area contributed by atoms with E-state index in [0.717, 1.165) is 4.90 Å². The van der Waals surface area contributed by atoms with Crippen LogP contribution in [-0.4, -0.2) is 58.9 Å². The van der Waals surface area contributed by atoms with Gasteiger partial charge in [0.15, 0.2) is 23.0 Å². The van der Waals surface area contributed by atoms with E-state index in [4.69, 9.17) is 28.4 Å². The number of nitrogens with one attached hydrogen (secondary N) is 1. The summed E-state index contributed by atoms with van der Waals surface area (Å²) in [6.07, 6.45) is 1.31. The van der Waals surface area contributed by atoms with Gasteiger partial charge in [-0.1, -0.05) is 6.07 Å². The topological polar surface area (TPSA) is 139 Å². The Labute approximate surface area is 241 Å². The van der Waals surface area contributed by atoms with Crippen molar-refractivity contribution in [3.8, 4) is 34.5 Å². The minimum Gasteiger partial charge on any atom is -0.497 e. The lowest BCUT2D eigenvalue weighted by atomic mass is 10.1. The molecule has 0 spiro atoms. The summed E-state index contributed by atoms with van der Waals surface area (Å²) in [5.41, 5.74) is 0.482. The smallest absolute Gasteiger partial charge is 0.343 e. The zero-order valence-corrected chi connectivity index (χ0v) is 23.5. The van der Waals surface area contributed by atoms with Crippen LogP contribution >= 0.6 is 0 Å². The highest BCUT2D eigenvalue weighted by atomic mass is 16.6. The van der Waals surface area contributed by atoms with Crippen molar-refractivity contribution >= 4 is 35.6 Å². The number of esters is 1. The zero-order chi connectivity index (χ0) is 30.4. The van der Waals surface area contributed by atoms with E-state index in [1.807, 2.05) is 0 Å². The highest BCUT2D eigenvalue weighted by Crippen LogP contribution is 2.39. The molecule has 1 aliphatic heterocycles. The second-order valence-corrected chi connectivity index (χ2v) is 8.60. The van der Waals surface area contributed by atoms with Gasteiger partial charge >= 0.3 is 12.0 Å². The van der Waals surface area contributed by atoms with E-state index in [-0.39, 0.29) is 46.4 Å². The van der Waals surface area contributed by atoms with Crippen molar-refractivity contribution in [3.05, 3.63) is 71.3 Å². The largest absolute Gasteiger partial charge is 0.497 e. The fourth-order valence-electron chi connectivity index (χ4n) is 4.11. The standard InChI is InChI=1S/C30H28N2O10/c1-6-41-23-14-17(7-12-22(23)42-29(35)18-15-24(38-3)26(40-5)25(16-18)39-4)13-21-27(33)31-30(36)32(28(21)34)19-8-10-20(37-2)11-9-19/h7-16H,6H2,1-5H3,(H,31,33,36)/b21-13+. The number of amides is 4. The summed E-state index contributed by atoms with van der Waals surface area (Å²) in [4.78, 5) is 52.3. The van der Waals surface area contributed by atoms with Crippen molar-refractivity contribution in [1.29, 1.82) is 0 Å². The highest BCUT2D eigenvalue weighted by Gasteiger charge is 2.37. The Hall–Kier alpha value is -5.52. The molecule has 0 aliphatic carbocycles. The molecule has 0 atom stereocenters. The number of benzene rings is 3. The molecule has 0 radical (unpaired) electrons. The molecule has 12 heteroatoms. The molecule has 1 N–H and O–H groups in total. The normalized spacial score (nSPS) is 13.9. The maximum Gasteiger partial charge on any atom is 0.343 e. The molecule has 218 valence electrons. The van der Waals surface area contributed by atoms with Crippen LogP contribution < -0.4 is 38.6 Å². The van der Waals surface area contributed by atoms with Crippen LogP contribution in [-0.2, 0) is 9.59 Å². The number of anilines is 1. The fourth-order valence-corrected chi connectivity index (χ4v) is 4.11. The van der Waals surface area contributed by atoms with Gasteiger partial charge in [-0.3, -0.25) is 14.9 Å². The third-order valence-corrected chi connectivity index (χ3v) is 6.11. The number of carbonyl (C=O) groups excluding carboxylic acids is 4. The Morgan fingerprint density at radius 2 is 1.48 bits per heavy atom. The predicted molar refractivity (Wildman–Crippen MR) is 151 cm³/mol. The van der Waals surface area contributed by atoms with Gasteiger partial charge in [0.2, 0.25) is 5.75 Å². The number of methoxy groups -OCH3 is 4. The summed E-state index contributed by atoms with van der Waals surface area (Å²) in [5, 5.41) is 2.18. The number of rotatable bonds is 10. The summed E-state index contributed by atoms with van der Waals surface area (Å²) in [6, 6.07) is 12.7. The van der Waals surface area contributed by atoms with E-state index in [1.54, 1.807) is 19.1 Å². The zero-order valence-electron chi connectivity index (χ0n) is 23.5. The first kappa shape index (κ1) is 29.5. The van der Waals surface area contributed by atoms with Crippen LogP contribution in [0.2, 0.25) is 0 Å². The molecular weight excluding hydrogens is 548 g/mol. The van der Waals surface area contributed by atoms with E-state index in [9.17, 15) is 19.2 Å². The lowest BCUT2D eigenvalue weighted by molar-refractivity contribution is -0.122. The number of hydrogen-bond donors (Lipinski definition) is 1. The number of carbonyl (C=O) groups is 4. The van der Waals surface area contributed by atoms with Crippen LogP contribution in [0.5, 0.6) is 34.5 Å². The fraction of sp³-hybridized carbons (Fsp3) is 0.200. The Balaban J connectivity index is 1.64. The molecule has 1 aliphatic rings. The molecule has 0 bridgehead atoms. The van der Waals surface area contributed by atoms with Crippen molar-refractivity contribution in [2.24, 2.45) is 0 Å². The third-order valence-electron chi connectivity index (χ3n) is 6.11. The monoisotopic (exact) mass is 576 g/mol. The van der Waals surface area contributed by atoms with E-state index in [0.29, 0.717) is 17.1 Å². The molecule has 3 aromatic rings. The molecule has 4 rings (SSSR count). The van der Waals surface area contributed by atoms with Crippen molar-refractivity contribution < 1.29 is 47.6 Å². The Morgan fingerprint density at radius 3 is 2.05 bits per heavy atom. The van der Waals surface area contributed by atoms with Gasteiger partial charge in [0.05, 0.1) is 46.3 Å². The lowest BCUT2D eigenvalue weighted by Gasteiger charge is -2.26. The number of hydrogen-bond acceptors (Lipinski definition) is 10. The number of urea groups is 1. The molecular formula is C30H28N2O10. The molecule has 0 unspecified atom stereocenters. The van der Waals surface area contributed by atoms with Crippen LogP contribution in [0.4, 0.5) is 10.5 Å². The molecule has 0 saturated carbocycles. The number of nitrogens with zero attached hydrogens (tertiary/aromatic N) is 1. The molecule has 42 heavy (non-hydrogen) atoms. The average Bonchev–Trinajstić information content (AvgIpc) is 2.99. The van der Waals surface area contributed by atoms with E-state index in [2.05, 4.69) is 5.32 Å². The minimum absolute atomic E-state index is 0.0900. The first-order valence-corrected chi connectivity index (χ1v) is 12.6. The second-order valence-electron chi connectivity index (χ2n) is 8.60. The molecule has 1 heterocycles. The Kier molecular flexibility index (Phi) is 8.96. The minimum atomic E-state index is -0.878. The molecule has 3 aromatic carbocycles. The van der Waals surface area contributed by atoms with Gasteiger partial charge < -0.3 is 28.4 Å². The third kappa shape index (κ3) is 5.97. The maximum atomic E-state index is 13.3. The van der Waals surface area contributed by atoms with Crippen molar-refractivity contribution in [2.75, 3.05) is 39.9 Å². The van der Waals surface area contributed by atoms with Gasteiger partial charge in [0, 0.05) is 0 Å². The number of imide groups is 2. The van der Waals surface area contributed by atoms with Crippen LogP contribution in [0.15, 0.2) is 60.2 Å². The first-order chi connectivity index (χ1) is 20.2. The van der Waals surface area contributed by atoms with Crippen molar-refractivity contribution in [3.63, 3.8) is 0 Å².